The monoisotopic (exact) mass is 248 g/mol. The molecule has 0 spiro atoms. The molecule has 1 fully saturated rings. The quantitative estimate of drug-likeness (QED) is 0.881. The van der Waals surface area contributed by atoms with E-state index in [9.17, 15) is 4.79 Å². The molecular weight excluding hydrogens is 228 g/mol. The molecule has 1 aromatic heterocycles. The van der Waals surface area contributed by atoms with E-state index in [-0.39, 0.29) is 11.9 Å². The summed E-state index contributed by atoms with van der Waals surface area (Å²) in [4.78, 5) is 22.6. The number of likely N-dealkylation sites (tertiary alicyclic amines) is 1. The molecule has 0 aromatic carbocycles. The maximum Gasteiger partial charge on any atom is 0.244 e. The van der Waals surface area contributed by atoms with Gasteiger partial charge in [-0.2, -0.15) is 0 Å². The predicted octanol–water partition coefficient (Wildman–Crippen LogP) is 1.52. The Labute approximate surface area is 108 Å². The van der Waals surface area contributed by atoms with Crippen LogP contribution >= 0.6 is 0 Å². The largest absolute Gasteiger partial charge is 0.357 e. The second-order valence-corrected chi connectivity index (χ2v) is 4.82. The molecule has 98 valence electrons. The van der Waals surface area contributed by atoms with E-state index in [1.807, 2.05) is 25.7 Å². The Hall–Kier alpha value is -1.65. The second kappa shape index (κ2) is 5.33. The first-order valence-electron chi connectivity index (χ1n) is 6.43. The minimum Gasteiger partial charge on any atom is -0.357 e. The van der Waals surface area contributed by atoms with E-state index in [1.54, 1.807) is 6.20 Å². The fraction of sp³-hybridized carbons (Fsp3) is 0.615. The molecule has 0 aliphatic carbocycles. The van der Waals surface area contributed by atoms with Crippen molar-refractivity contribution >= 4 is 11.7 Å². The van der Waals surface area contributed by atoms with E-state index < -0.39 is 0 Å². The number of nitrogens with one attached hydrogen (secondary N) is 1. The van der Waals surface area contributed by atoms with Crippen LogP contribution in [0.25, 0.3) is 0 Å². The molecule has 1 N–H and O–H groups in total. The number of amides is 1. The zero-order chi connectivity index (χ0) is 13.1. The third kappa shape index (κ3) is 2.78. The Morgan fingerprint density at radius 2 is 2.00 bits per heavy atom. The number of anilines is 1. The van der Waals surface area contributed by atoms with Gasteiger partial charge in [-0.3, -0.25) is 9.78 Å². The first kappa shape index (κ1) is 12.8. The number of carbonyl (C=O) groups is 1. The molecular formula is C13H20N4O. The fourth-order valence-corrected chi connectivity index (χ4v) is 2.11. The predicted molar refractivity (Wildman–Crippen MR) is 70.4 cm³/mol. The second-order valence-electron chi connectivity index (χ2n) is 4.82. The normalized spacial score (nSPS) is 16.7. The summed E-state index contributed by atoms with van der Waals surface area (Å²) in [6.45, 7) is 7.47. The zero-order valence-corrected chi connectivity index (χ0v) is 11.2. The average Bonchev–Trinajstić information content (AvgIpc) is 2.86. The van der Waals surface area contributed by atoms with E-state index in [1.165, 1.54) is 0 Å². The van der Waals surface area contributed by atoms with Crippen molar-refractivity contribution in [2.75, 3.05) is 18.4 Å². The minimum atomic E-state index is -0.250. The van der Waals surface area contributed by atoms with Crippen molar-refractivity contribution in [2.24, 2.45) is 0 Å². The fourth-order valence-electron chi connectivity index (χ4n) is 2.11. The van der Waals surface area contributed by atoms with Gasteiger partial charge in [0.1, 0.15) is 11.9 Å². The summed E-state index contributed by atoms with van der Waals surface area (Å²) in [6, 6.07) is -0.250. The van der Waals surface area contributed by atoms with Gasteiger partial charge in [0.2, 0.25) is 5.91 Å². The average molecular weight is 248 g/mol. The SMILES string of the molecule is Cc1ncc(NC(C)C(=O)N2CCCC2)nc1C. The smallest absolute Gasteiger partial charge is 0.244 e. The third-order valence-electron chi connectivity index (χ3n) is 3.34. The Morgan fingerprint density at radius 3 is 2.61 bits per heavy atom. The lowest BCUT2D eigenvalue weighted by Gasteiger charge is -2.21. The van der Waals surface area contributed by atoms with Gasteiger partial charge in [0.05, 0.1) is 17.6 Å². The maximum absolute atomic E-state index is 12.1. The van der Waals surface area contributed by atoms with Gasteiger partial charge < -0.3 is 10.2 Å². The highest BCUT2D eigenvalue weighted by Gasteiger charge is 2.23. The van der Waals surface area contributed by atoms with E-state index in [0.29, 0.717) is 5.82 Å². The van der Waals surface area contributed by atoms with Crippen molar-refractivity contribution in [1.82, 2.24) is 14.9 Å². The Kier molecular flexibility index (Phi) is 3.79. The van der Waals surface area contributed by atoms with Crippen LogP contribution in [0, 0.1) is 13.8 Å². The lowest BCUT2D eigenvalue weighted by atomic mass is 10.3. The molecule has 1 aliphatic heterocycles. The molecule has 2 heterocycles. The van der Waals surface area contributed by atoms with Crippen LogP contribution in [0.15, 0.2) is 6.20 Å². The molecule has 18 heavy (non-hydrogen) atoms. The number of aryl methyl sites for hydroxylation is 2. The molecule has 1 unspecified atom stereocenters. The van der Waals surface area contributed by atoms with E-state index in [2.05, 4.69) is 15.3 Å². The topological polar surface area (TPSA) is 58.1 Å². The number of hydrogen-bond acceptors (Lipinski definition) is 4. The van der Waals surface area contributed by atoms with Crippen molar-refractivity contribution in [3.05, 3.63) is 17.6 Å². The number of hydrogen-bond donors (Lipinski definition) is 1. The first-order chi connectivity index (χ1) is 8.58. The van der Waals surface area contributed by atoms with Gasteiger partial charge in [0.15, 0.2) is 0 Å². The van der Waals surface area contributed by atoms with E-state index >= 15 is 0 Å². The van der Waals surface area contributed by atoms with E-state index in [4.69, 9.17) is 0 Å². The van der Waals surface area contributed by atoms with Gasteiger partial charge in [-0.25, -0.2) is 4.98 Å². The van der Waals surface area contributed by atoms with Crippen LogP contribution in [0.3, 0.4) is 0 Å². The lowest BCUT2D eigenvalue weighted by Crippen LogP contribution is -2.39. The molecule has 5 heteroatoms. The summed E-state index contributed by atoms with van der Waals surface area (Å²) in [6.07, 6.45) is 3.90. The van der Waals surface area contributed by atoms with Crippen LogP contribution in [-0.2, 0) is 4.79 Å². The molecule has 1 atom stereocenters. The summed E-state index contributed by atoms with van der Waals surface area (Å²) < 4.78 is 0. The van der Waals surface area contributed by atoms with Crippen LogP contribution in [-0.4, -0.2) is 39.9 Å². The van der Waals surface area contributed by atoms with Crippen LogP contribution < -0.4 is 5.32 Å². The van der Waals surface area contributed by atoms with Crippen LogP contribution in [0.1, 0.15) is 31.2 Å². The van der Waals surface area contributed by atoms with Crippen LogP contribution in [0.2, 0.25) is 0 Å². The molecule has 0 bridgehead atoms. The van der Waals surface area contributed by atoms with E-state index in [0.717, 1.165) is 37.3 Å². The molecule has 0 radical (unpaired) electrons. The highest BCUT2D eigenvalue weighted by molar-refractivity contribution is 5.84. The number of rotatable bonds is 3. The summed E-state index contributed by atoms with van der Waals surface area (Å²) >= 11 is 0. The Bertz CT molecular complexity index is 441. The summed E-state index contributed by atoms with van der Waals surface area (Å²) in [5.41, 5.74) is 1.81. The summed E-state index contributed by atoms with van der Waals surface area (Å²) in [5.74, 6) is 0.811. The van der Waals surface area contributed by atoms with Gasteiger partial charge in [0, 0.05) is 13.1 Å². The maximum atomic E-state index is 12.1. The molecule has 1 aliphatic rings. The number of aromatic nitrogens is 2. The Balaban J connectivity index is 1.99. The molecule has 1 amide bonds. The van der Waals surface area contributed by atoms with Crippen LogP contribution in [0.4, 0.5) is 5.82 Å². The van der Waals surface area contributed by atoms with Crippen molar-refractivity contribution in [1.29, 1.82) is 0 Å². The molecule has 2 rings (SSSR count). The summed E-state index contributed by atoms with van der Waals surface area (Å²) in [5, 5.41) is 3.12. The van der Waals surface area contributed by atoms with Crippen molar-refractivity contribution in [3.63, 3.8) is 0 Å². The highest BCUT2D eigenvalue weighted by Crippen LogP contribution is 2.12. The van der Waals surface area contributed by atoms with Crippen molar-refractivity contribution in [2.45, 2.75) is 39.7 Å². The first-order valence-corrected chi connectivity index (χ1v) is 6.43. The van der Waals surface area contributed by atoms with Crippen LogP contribution in [0.5, 0.6) is 0 Å². The van der Waals surface area contributed by atoms with Crippen molar-refractivity contribution < 1.29 is 4.79 Å². The molecule has 1 aromatic rings. The zero-order valence-electron chi connectivity index (χ0n) is 11.2. The standard InChI is InChI=1S/C13H20N4O/c1-9-10(2)15-12(8-14-9)16-11(3)13(18)17-6-4-5-7-17/h8,11H,4-7H2,1-3H3,(H,15,16). The van der Waals surface area contributed by atoms with Gasteiger partial charge in [-0.1, -0.05) is 0 Å². The lowest BCUT2D eigenvalue weighted by molar-refractivity contribution is -0.130. The Morgan fingerprint density at radius 1 is 1.33 bits per heavy atom. The number of nitrogens with zero attached hydrogens (tertiary/aromatic N) is 3. The number of carbonyl (C=O) groups excluding carboxylic acids is 1. The van der Waals surface area contributed by atoms with Gasteiger partial charge in [-0.15, -0.1) is 0 Å². The molecule has 1 saturated heterocycles. The third-order valence-corrected chi connectivity index (χ3v) is 3.34. The van der Waals surface area contributed by atoms with Gasteiger partial charge >= 0.3 is 0 Å². The van der Waals surface area contributed by atoms with Crippen molar-refractivity contribution in [3.8, 4) is 0 Å². The molecule has 5 nitrogen and oxygen atoms in total. The molecule has 0 saturated carbocycles. The van der Waals surface area contributed by atoms with Gasteiger partial charge in [0.25, 0.3) is 0 Å². The van der Waals surface area contributed by atoms with Gasteiger partial charge in [-0.05, 0) is 33.6 Å². The highest BCUT2D eigenvalue weighted by atomic mass is 16.2. The summed E-state index contributed by atoms with van der Waals surface area (Å²) in [7, 11) is 0. The minimum absolute atomic E-state index is 0.146.